The standard InChI is InChI=1S/C17H18FN3O/c1-4-10-20(11-5-2)17(22)14-12-19-21(13(14)3)16-9-7-6-8-15(16)18/h4-9,12H,1-2,10-11H2,3H3. The van der Waals surface area contributed by atoms with Gasteiger partial charge in [-0.2, -0.15) is 5.10 Å². The molecule has 1 amide bonds. The second-order valence-electron chi connectivity index (χ2n) is 4.79. The number of amides is 1. The van der Waals surface area contributed by atoms with Crippen LogP contribution in [0.3, 0.4) is 0 Å². The van der Waals surface area contributed by atoms with E-state index in [-0.39, 0.29) is 11.7 Å². The average molecular weight is 299 g/mol. The molecule has 2 rings (SSSR count). The molecular weight excluding hydrogens is 281 g/mol. The maximum Gasteiger partial charge on any atom is 0.257 e. The fourth-order valence-corrected chi connectivity index (χ4v) is 2.21. The van der Waals surface area contributed by atoms with Crippen molar-refractivity contribution in [1.29, 1.82) is 0 Å². The Morgan fingerprint density at radius 2 is 1.95 bits per heavy atom. The molecule has 0 saturated carbocycles. The van der Waals surface area contributed by atoms with Gasteiger partial charge in [-0.15, -0.1) is 13.2 Å². The summed E-state index contributed by atoms with van der Waals surface area (Å²) in [6.07, 6.45) is 4.76. The molecule has 4 nitrogen and oxygen atoms in total. The van der Waals surface area contributed by atoms with Crippen LogP contribution in [0.4, 0.5) is 4.39 Å². The number of nitrogens with zero attached hydrogens (tertiary/aromatic N) is 3. The number of hydrogen-bond donors (Lipinski definition) is 0. The maximum absolute atomic E-state index is 13.9. The molecule has 0 aliphatic carbocycles. The molecule has 0 fully saturated rings. The van der Waals surface area contributed by atoms with Crippen molar-refractivity contribution in [3.8, 4) is 5.69 Å². The number of para-hydroxylation sites is 1. The number of carbonyl (C=O) groups is 1. The van der Waals surface area contributed by atoms with Gasteiger partial charge in [0.25, 0.3) is 5.91 Å². The minimum absolute atomic E-state index is 0.181. The van der Waals surface area contributed by atoms with Crippen molar-refractivity contribution in [2.75, 3.05) is 13.1 Å². The van der Waals surface area contributed by atoms with E-state index in [0.29, 0.717) is 30.0 Å². The Bertz CT molecular complexity index is 696. The number of rotatable bonds is 6. The summed E-state index contributed by atoms with van der Waals surface area (Å²) in [6, 6.07) is 6.32. The highest BCUT2D eigenvalue weighted by molar-refractivity contribution is 5.95. The van der Waals surface area contributed by atoms with Gasteiger partial charge in [0, 0.05) is 13.1 Å². The van der Waals surface area contributed by atoms with Crippen LogP contribution in [-0.2, 0) is 0 Å². The lowest BCUT2D eigenvalue weighted by molar-refractivity contribution is 0.0790. The molecule has 0 spiro atoms. The number of benzene rings is 1. The summed E-state index contributed by atoms with van der Waals surface area (Å²) in [5.41, 5.74) is 1.35. The van der Waals surface area contributed by atoms with Crippen molar-refractivity contribution in [3.63, 3.8) is 0 Å². The molecular formula is C17H18FN3O. The fraction of sp³-hybridized carbons (Fsp3) is 0.176. The van der Waals surface area contributed by atoms with Gasteiger partial charge in [0.05, 0.1) is 17.5 Å². The Morgan fingerprint density at radius 3 is 2.55 bits per heavy atom. The van der Waals surface area contributed by atoms with Crippen LogP contribution in [0.1, 0.15) is 16.1 Å². The highest BCUT2D eigenvalue weighted by Gasteiger charge is 2.20. The van der Waals surface area contributed by atoms with Crippen LogP contribution in [0.5, 0.6) is 0 Å². The van der Waals surface area contributed by atoms with E-state index >= 15 is 0 Å². The lowest BCUT2D eigenvalue weighted by Crippen LogP contribution is -2.31. The van der Waals surface area contributed by atoms with E-state index < -0.39 is 0 Å². The summed E-state index contributed by atoms with van der Waals surface area (Å²) in [7, 11) is 0. The highest BCUT2D eigenvalue weighted by Crippen LogP contribution is 2.18. The topological polar surface area (TPSA) is 38.1 Å². The molecule has 22 heavy (non-hydrogen) atoms. The Labute approximate surface area is 129 Å². The second-order valence-corrected chi connectivity index (χ2v) is 4.79. The van der Waals surface area contributed by atoms with Crippen LogP contribution in [-0.4, -0.2) is 33.7 Å². The summed E-state index contributed by atoms with van der Waals surface area (Å²) in [5.74, 6) is -0.568. The Balaban J connectivity index is 2.38. The van der Waals surface area contributed by atoms with Crippen LogP contribution in [0.25, 0.3) is 5.69 Å². The molecule has 0 bridgehead atoms. The summed E-state index contributed by atoms with van der Waals surface area (Å²) < 4.78 is 15.3. The van der Waals surface area contributed by atoms with Gasteiger partial charge >= 0.3 is 0 Å². The minimum atomic E-state index is -0.387. The first-order valence-corrected chi connectivity index (χ1v) is 6.90. The number of carbonyl (C=O) groups excluding carboxylic acids is 1. The molecule has 0 radical (unpaired) electrons. The van der Waals surface area contributed by atoms with Crippen LogP contribution in [0, 0.1) is 12.7 Å². The molecule has 2 aromatic rings. The van der Waals surface area contributed by atoms with Crippen molar-refractivity contribution in [3.05, 3.63) is 72.8 Å². The van der Waals surface area contributed by atoms with Gasteiger partial charge in [0.2, 0.25) is 0 Å². The second kappa shape index (κ2) is 6.85. The molecule has 0 atom stereocenters. The Hall–Kier alpha value is -2.69. The SMILES string of the molecule is C=CCN(CC=C)C(=O)c1cnn(-c2ccccc2F)c1C. The number of aromatic nitrogens is 2. The van der Waals surface area contributed by atoms with Gasteiger partial charge in [-0.1, -0.05) is 24.3 Å². The minimum Gasteiger partial charge on any atom is -0.331 e. The van der Waals surface area contributed by atoms with Crippen molar-refractivity contribution < 1.29 is 9.18 Å². The van der Waals surface area contributed by atoms with Crippen molar-refractivity contribution in [2.24, 2.45) is 0 Å². The predicted octanol–water partition coefficient (Wildman–Crippen LogP) is 3.13. The van der Waals surface area contributed by atoms with Gasteiger partial charge in [0.15, 0.2) is 0 Å². The lowest BCUT2D eigenvalue weighted by Gasteiger charge is -2.19. The van der Waals surface area contributed by atoms with E-state index in [1.807, 2.05) is 0 Å². The van der Waals surface area contributed by atoms with Crippen LogP contribution in [0.15, 0.2) is 55.8 Å². The molecule has 0 aliphatic heterocycles. The first-order valence-electron chi connectivity index (χ1n) is 6.90. The van der Waals surface area contributed by atoms with E-state index in [1.165, 1.54) is 16.9 Å². The molecule has 1 heterocycles. The van der Waals surface area contributed by atoms with Crippen LogP contribution < -0.4 is 0 Å². The molecule has 0 aliphatic rings. The highest BCUT2D eigenvalue weighted by atomic mass is 19.1. The van der Waals surface area contributed by atoms with Crippen molar-refractivity contribution in [2.45, 2.75) is 6.92 Å². The third-order valence-electron chi connectivity index (χ3n) is 3.31. The Morgan fingerprint density at radius 1 is 1.32 bits per heavy atom. The quantitative estimate of drug-likeness (QED) is 0.769. The van der Waals surface area contributed by atoms with Gasteiger partial charge in [-0.05, 0) is 19.1 Å². The van der Waals surface area contributed by atoms with E-state index in [9.17, 15) is 9.18 Å². The van der Waals surface area contributed by atoms with E-state index in [2.05, 4.69) is 18.3 Å². The Kier molecular flexibility index (Phi) is 4.88. The number of halogens is 1. The fourth-order valence-electron chi connectivity index (χ4n) is 2.21. The zero-order valence-corrected chi connectivity index (χ0v) is 12.5. The summed E-state index contributed by atoms with van der Waals surface area (Å²) in [6.45, 7) is 9.86. The van der Waals surface area contributed by atoms with E-state index in [4.69, 9.17) is 0 Å². The molecule has 114 valence electrons. The molecule has 0 unspecified atom stereocenters. The smallest absolute Gasteiger partial charge is 0.257 e. The van der Waals surface area contributed by atoms with Crippen molar-refractivity contribution >= 4 is 5.91 Å². The van der Waals surface area contributed by atoms with Gasteiger partial charge in [-0.3, -0.25) is 4.79 Å². The molecule has 1 aromatic carbocycles. The van der Waals surface area contributed by atoms with Gasteiger partial charge in [-0.25, -0.2) is 9.07 Å². The van der Waals surface area contributed by atoms with Crippen molar-refractivity contribution in [1.82, 2.24) is 14.7 Å². The normalized spacial score (nSPS) is 10.3. The largest absolute Gasteiger partial charge is 0.331 e. The average Bonchev–Trinajstić information content (AvgIpc) is 2.88. The van der Waals surface area contributed by atoms with E-state index in [0.717, 1.165) is 0 Å². The maximum atomic E-state index is 13.9. The van der Waals surface area contributed by atoms with Crippen LogP contribution >= 0.6 is 0 Å². The third-order valence-corrected chi connectivity index (χ3v) is 3.31. The molecule has 0 N–H and O–H groups in total. The zero-order valence-electron chi connectivity index (χ0n) is 12.5. The third kappa shape index (κ3) is 2.98. The summed E-state index contributed by atoms with van der Waals surface area (Å²) >= 11 is 0. The predicted molar refractivity (Wildman–Crippen MR) is 84.6 cm³/mol. The summed E-state index contributed by atoms with van der Waals surface area (Å²) in [5, 5.41) is 4.15. The first kappa shape index (κ1) is 15.7. The van der Waals surface area contributed by atoms with Gasteiger partial charge in [0.1, 0.15) is 11.5 Å². The molecule has 5 heteroatoms. The molecule has 1 aromatic heterocycles. The zero-order chi connectivity index (χ0) is 16.1. The number of hydrogen-bond acceptors (Lipinski definition) is 2. The molecule has 0 saturated heterocycles. The lowest BCUT2D eigenvalue weighted by atomic mass is 10.2. The summed E-state index contributed by atoms with van der Waals surface area (Å²) in [4.78, 5) is 14.2. The van der Waals surface area contributed by atoms with E-state index in [1.54, 1.807) is 42.2 Å². The first-order chi connectivity index (χ1) is 10.6. The van der Waals surface area contributed by atoms with Crippen LogP contribution in [0.2, 0.25) is 0 Å². The monoisotopic (exact) mass is 299 g/mol. The van der Waals surface area contributed by atoms with Gasteiger partial charge < -0.3 is 4.90 Å².